The largest absolute Gasteiger partial charge is 0.424 e. The molecule has 0 spiro atoms. The normalized spacial score (nSPS) is 10.7. The van der Waals surface area contributed by atoms with Gasteiger partial charge < -0.3 is 9.52 Å². The fourth-order valence-corrected chi connectivity index (χ4v) is 2.06. The van der Waals surface area contributed by atoms with Gasteiger partial charge in [0.15, 0.2) is 0 Å². The standard InChI is InChI=1S/C12H14N2O2S/c1-2-11-13-14-12(16-11)8-17-10-5-3-9(7-15)4-6-10/h3-6,15H,2,7-8H2,1H3. The number of benzene rings is 1. The maximum absolute atomic E-state index is 8.93. The van der Waals surface area contributed by atoms with E-state index in [1.54, 1.807) is 11.8 Å². The summed E-state index contributed by atoms with van der Waals surface area (Å²) in [7, 11) is 0. The van der Waals surface area contributed by atoms with E-state index in [1.807, 2.05) is 31.2 Å². The van der Waals surface area contributed by atoms with Gasteiger partial charge in [-0.15, -0.1) is 22.0 Å². The van der Waals surface area contributed by atoms with Gasteiger partial charge in [-0.3, -0.25) is 0 Å². The molecule has 0 radical (unpaired) electrons. The first-order valence-electron chi connectivity index (χ1n) is 5.45. The Labute approximate surface area is 104 Å². The van der Waals surface area contributed by atoms with Gasteiger partial charge in [0.1, 0.15) is 0 Å². The zero-order valence-electron chi connectivity index (χ0n) is 9.59. The van der Waals surface area contributed by atoms with E-state index in [-0.39, 0.29) is 6.61 Å². The molecule has 0 bridgehead atoms. The molecule has 2 rings (SSSR count). The second-order valence-electron chi connectivity index (χ2n) is 3.53. The molecule has 0 aliphatic heterocycles. The van der Waals surface area contributed by atoms with Gasteiger partial charge >= 0.3 is 0 Å². The van der Waals surface area contributed by atoms with Gasteiger partial charge in [0, 0.05) is 11.3 Å². The minimum absolute atomic E-state index is 0.0778. The summed E-state index contributed by atoms with van der Waals surface area (Å²) in [6, 6.07) is 7.78. The third kappa shape index (κ3) is 3.31. The Balaban J connectivity index is 1.92. The Hall–Kier alpha value is -1.33. The van der Waals surface area contributed by atoms with Crippen molar-refractivity contribution >= 4 is 11.8 Å². The van der Waals surface area contributed by atoms with Crippen molar-refractivity contribution in [2.75, 3.05) is 0 Å². The molecule has 4 nitrogen and oxygen atoms in total. The molecule has 0 saturated carbocycles. The molecule has 1 aromatic heterocycles. The van der Waals surface area contributed by atoms with Crippen molar-refractivity contribution in [2.45, 2.75) is 30.6 Å². The summed E-state index contributed by atoms with van der Waals surface area (Å²) >= 11 is 1.64. The van der Waals surface area contributed by atoms with Gasteiger partial charge in [0.05, 0.1) is 12.4 Å². The lowest BCUT2D eigenvalue weighted by atomic mass is 10.2. The number of hydrogen-bond donors (Lipinski definition) is 1. The molecule has 0 amide bonds. The molecule has 0 saturated heterocycles. The molecule has 90 valence electrons. The fraction of sp³-hybridized carbons (Fsp3) is 0.333. The Bertz CT molecular complexity index is 468. The first-order valence-corrected chi connectivity index (χ1v) is 6.44. The maximum Gasteiger partial charge on any atom is 0.226 e. The third-order valence-corrected chi connectivity index (χ3v) is 3.28. The summed E-state index contributed by atoms with van der Waals surface area (Å²) in [5.41, 5.74) is 0.917. The highest BCUT2D eigenvalue weighted by atomic mass is 32.2. The predicted octanol–water partition coefficient (Wildman–Crippen LogP) is 2.42. The molecule has 1 N–H and O–H groups in total. The zero-order valence-corrected chi connectivity index (χ0v) is 10.4. The van der Waals surface area contributed by atoms with E-state index in [0.717, 1.165) is 16.9 Å². The average Bonchev–Trinajstić information content (AvgIpc) is 2.85. The van der Waals surface area contributed by atoms with Crippen LogP contribution >= 0.6 is 11.8 Å². The molecule has 1 aromatic carbocycles. The number of thioether (sulfide) groups is 1. The summed E-state index contributed by atoms with van der Waals surface area (Å²) in [6.07, 6.45) is 0.767. The lowest BCUT2D eigenvalue weighted by molar-refractivity contribution is 0.282. The van der Waals surface area contributed by atoms with Crippen LogP contribution in [0.3, 0.4) is 0 Å². The van der Waals surface area contributed by atoms with Crippen molar-refractivity contribution in [3.63, 3.8) is 0 Å². The van der Waals surface area contributed by atoms with Gasteiger partial charge in [0.2, 0.25) is 11.8 Å². The van der Waals surface area contributed by atoms with E-state index < -0.39 is 0 Å². The number of aliphatic hydroxyl groups is 1. The third-order valence-electron chi connectivity index (χ3n) is 2.28. The predicted molar refractivity (Wildman–Crippen MR) is 65.6 cm³/mol. The Kier molecular flexibility index (Phi) is 4.17. The minimum atomic E-state index is 0.0778. The SMILES string of the molecule is CCc1nnc(CSc2ccc(CO)cc2)o1. The lowest BCUT2D eigenvalue weighted by Gasteiger charge is -2.00. The number of aromatic nitrogens is 2. The first-order chi connectivity index (χ1) is 8.31. The lowest BCUT2D eigenvalue weighted by Crippen LogP contribution is -1.83. The molecule has 5 heteroatoms. The van der Waals surface area contributed by atoms with E-state index in [0.29, 0.717) is 17.5 Å². The zero-order chi connectivity index (χ0) is 12.1. The Morgan fingerprint density at radius 2 is 1.88 bits per heavy atom. The van der Waals surface area contributed by atoms with Crippen LogP contribution in [0, 0.1) is 0 Å². The number of aryl methyl sites for hydroxylation is 1. The van der Waals surface area contributed by atoms with E-state index in [9.17, 15) is 0 Å². The van der Waals surface area contributed by atoms with Crippen molar-refractivity contribution in [2.24, 2.45) is 0 Å². The molecule has 0 aliphatic carbocycles. The Morgan fingerprint density at radius 1 is 1.18 bits per heavy atom. The molecule has 0 atom stereocenters. The molecule has 2 aromatic rings. The van der Waals surface area contributed by atoms with Crippen LogP contribution in [-0.2, 0) is 18.8 Å². The van der Waals surface area contributed by atoms with Crippen molar-refractivity contribution in [3.05, 3.63) is 41.6 Å². The van der Waals surface area contributed by atoms with Crippen LogP contribution in [0.1, 0.15) is 24.3 Å². The van der Waals surface area contributed by atoms with Crippen LogP contribution in [0.5, 0.6) is 0 Å². The van der Waals surface area contributed by atoms with Gasteiger partial charge in [-0.05, 0) is 17.7 Å². The smallest absolute Gasteiger partial charge is 0.226 e. The number of aliphatic hydroxyl groups excluding tert-OH is 1. The summed E-state index contributed by atoms with van der Waals surface area (Å²) in [4.78, 5) is 1.12. The summed E-state index contributed by atoms with van der Waals surface area (Å²) in [6.45, 7) is 2.06. The van der Waals surface area contributed by atoms with E-state index in [4.69, 9.17) is 9.52 Å². The van der Waals surface area contributed by atoms with Crippen LogP contribution in [-0.4, -0.2) is 15.3 Å². The molecular weight excluding hydrogens is 236 g/mol. The number of hydrogen-bond acceptors (Lipinski definition) is 5. The highest BCUT2D eigenvalue weighted by Gasteiger charge is 2.04. The second-order valence-corrected chi connectivity index (χ2v) is 4.58. The monoisotopic (exact) mass is 250 g/mol. The first kappa shape index (κ1) is 12.1. The topological polar surface area (TPSA) is 59.2 Å². The highest BCUT2D eigenvalue weighted by molar-refractivity contribution is 7.98. The molecular formula is C12H14N2O2S. The summed E-state index contributed by atoms with van der Waals surface area (Å²) < 4.78 is 5.42. The minimum Gasteiger partial charge on any atom is -0.424 e. The average molecular weight is 250 g/mol. The summed E-state index contributed by atoms with van der Waals surface area (Å²) in [5, 5.41) is 16.8. The van der Waals surface area contributed by atoms with E-state index >= 15 is 0 Å². The van der Waals surface area contributed by atoms with Crippen molar-refractivity contribution in [1.29, 1.82) is 0 Å². The summed E-state index contributed by atoms with van der Waals surface area (Å²) in [5.74, 6) is 2.00. The number of nitrogens with zero attached hydrogens (tertiary/aromatic N) is 2. The number of rotatable bonds is 5. The van der Waals surface area contributed by atoms with Crippen LogP contribution in [0.2, 0.25) is 0 Å². The molecule has 17 heavy (non-hydrogen) atoms. The van der Waals surface area contributed by atoms with Gasteiger partial charge in [-0.25, -0.2) is 0 Å². The van der Waals surface area contributed by atoms with Crippen LogP contribution in [0.4, 0.5) is 0 Å². The van der Waals surface area contributed by atoms with Crippen molar-refractivity contribution < 1.29 is 9.52 Å². The quantitative estimate of drug-likeness (QED) is 0.826. The fourth-order valence-electron chi connectivity index (χ4n) is 1.33. The highest BCUT2D eigenvalue weighted by Crippen LogP contribution is 2.22. The van der Waals surface area contributed by atoms with Gasteiger partial charge in [-0.2, -0.15) is 0 Å². The maximum atomic E-state index is 8.93. The van der Waals surface area contributed by atoms with Crippen molar-refractivity contribution in [3.8, 4) is 0 Å². The molecule has 0 fully saturated rings. The molecule has 0 unspecified atom stereocenters. The van der Waals surface area contributed by atoms with E-state index in [2.05, 4.69) is 10.2 Å². The van der Waals surface area contributed by atoms with Crippen LogP contribution in [0.25, 0.3) is 0 Å². The van der Waals surface area contributed by atoms with Gasteiger partial charge in [0.25, 0.3) is 0 Å². The van der Waals surface area contributed by atoms with E-state index in [1.165, 1.54) is 0 Å². The molecule has 1 heterocycles. The second kappa shape index (κ2) is 5.84. The Morgan fingerprint density at radius 3 is 2.47 bits per heavy atom. The van der Waals surface area contributed by atoms with Crippen molar-refractivity contribution in [1.82, 2.24) is 10.2 Å². The van der Waals surface area contributed by atoms with Crippen LogP contribution < -0.4 is 0 Å². The molecule has 0 aliphatic rings. The van der Waals surface area contributed by atoms with Gasteiger partial charge in [-0.1, -0.05) is 19.1 Å². The van der Waals surface area contributed by atoms with Crippen LogP contribution in [0.15, 0.2) is 33.6 Å².